The maximum Gasteiger partial charge on any atom is 0.287 e. The Kier molecular flexibility index (Phi) is 3.36. The van der Waals surface area contributed by atoms with Crippen LogP contribution >= 0.6 is 0 Å². The molecule has 2 atom stereocenters. The topological polar surface area (TPSA) is 88.5 Å². The molecule has 3 rings (SSSR count). The van der Waals surface area contributed by atoms with Crippen LogP contribution < -0.4 is 11.1 Å². The van der Waals surface area contributed by atoms with Gasteiger partial charge in [0.25, 0.3) is 5.91 Å². The number of fused-ring (bicyclic) bond motifs is 1. The van der Waals surface area contributed by atoms with E-state index < -0.39 is 0 Å². The van der Waals surface area contributed by atoms with E-state index in [1.807, 2.05) is 0 Å². The van der Waals surface area contributed by atoms with Crippen molar-refractivity contribution >= 4 is 22.6 Å². The standard InChI is InChI=1S/C15H18N2O3/c16-11-4-5-13-10(6-11)7-14(20-13)15(19)17-12-3-1-2-9(12)8-18/h4-7,9,12,18H,1-3,8,16H2,(H,17,19). The summed E-state index contributed by atoms with van der Waals surface area (Å²) in [4.78, 5) is 12.2. The minimum Gasteiger partial charge on any atom is -0.451 e. The first-order valence-electron chi connectivity index (χ1n) is 6.88. The number of hydrogen-bond acceptors (Lipinski definition) is 4. The second-order valence-corrected chi connectivity index (χ2v) is 5.36. The largest absolute Gasteiger partial charge is 0.451 e. The number of aliphatic hydroxyl groups excluding tert-OH is 1. The molecule has 106 valence electrons. The summed E-state index contributed by atoms with van der Waals surface area (Å²) < 4.78 is 5.53. The van der Waals surface area contributed by atoms with E-state index in [2.05, 4.69) is 5.32 Å². The zero-order chi connectivity index (χ0) is 14.1. The van der Waals surface area contributed by atoms with E-state index in [0.717, 1.165) is 24.6 Å². The number of amides is 1. The molecule has 0 spiro atoms. The molecule has 1 aromatic heterocycles. The molecule has 0 saturated heterocycles. The van der Waals surface area contributed by atoms with E-state index in [1.54, 1.807) is 24.3 Å². The highest BCUT2D eigenvalue weighted by Crippen LogP contribution is 2.26. The van der Waals surface area contributed by atoms with Gasteiger partial charge in [0.2, 0.25) is 0 Å². The maximum absolute atomic E-state index is 12.2. The van der Waals surface area contributed by atoms with Crippen LogP contribution in [0.4, 0.5) is 5.69 Å². The van der Waals surface area contributed by atoms with Crippen LogP contribution in [0.5, 0.6) is 0 Å². The lowest BCUT2D eigenvalue weighted by Gasteiger charge is -2.18. The Morgan fingerprint density at radius 2 is 2.25 bits per heavy atom. The molecule has 2 aromatic rings. The van der Waals surface area contributed by atoms with Gasteiger partial charge in [0.1, 0.15) is 5.58 Å². The van der Waals surface area contributed by atoms with E-state index in [9.17, 15) is 9.90 Å². The molecule has 0 bridgehead atoms. The Labute approximate surface area is 116 Å². The fraction of sp³-hybridized carbons (Fsp3) is 0.400. The highest BCUT2D eigenvalue weighted by atomic mass is 16.3. The molecule has 2 unspecified atom stereocenters. The number of benzene rings is 1. The second-order valence-electron chi connectivity index (χ2n) is 5.36. The SMILES string of the molecule is Nc1ccc2oc(C(=O)NC3CCCC3CO)cc2c1. The third kappa shape index (κ3) is 2.36. The Hall–Kier alpha value is -2.01. The summed E-state index contributed by atoms with van der Waals surface area (Å²) in [5.74, 6) is 0.207. The van der Waals surface area contributed by atoms with Crippen molar-refractivity contribution in [2.45, 2.75) is 25.3 Å². The van der Waals surface area contributed by atoms with E-state index >= 15 is 0 Å². The molecule has 5 heteroatoms. The highest BCUT2D eigenvalue weighted by molar-refractivity contribution is 5.96. The van der Waals surface area contributed by atoms with Crippen LogP contribution in [-0.2, 0) is 0 Å². The molecule has 1 fully saturated rings. The molecular weight excluding hydrogens is 256 g/mol. The van der Waals surface area contributed by atoms with Crippen LogP contribution in [0.15, 0.2) is 28.7 Å². The number of hydrogen-bond donors (Lipinski definition) is 3. The lowest BCUT2D eigenvalue weighted by Crippen LogP contribution is -2.38. The summed E-state index contributed by atoms with van der Waals surface area (Å²) in [5.41, 5.74) is 7.00. The second kappa shape index (κ2) is 5.17. The summed E-state index contributed by atoms with van der Waals surface area (Å²) >= 11 is 0. The van der Waals surface area contributed by atoms with Gasteiger partial charge in [-0.1, -0.05) is 6.42 Å². The van der Waals surface area contributed by atoms with E-state index in [1.165, 1.54) is 0 Å². The minimum absolute atomic E-state index is 0.0331. The van der Waals surface area contributed by atoms with Gasteiger partial charge in [0, 0.05) is 29.6 Å². The average molecular weight is 274 g/mol. The molecule has 1 aromatic carbocycles. The fourth-order valence-electron chi connectivity index (χ4n) is 2.86. The van der Waals surface area contributed by atoms with E-state index in [4.69, 9.17) is 10.2 Å². The first-order chi connectivity index (χ1) is 9.67. The summed E-state index contributed by atoms with van der Waals surface area (Å²) in [6.07, 6.45) is 2.90. The summed E-state index contributed by atoms with van der Waals surface area (Å²) in [5, 5.41) is 13.0. The van der Waals surface area contributed by atoms with Crippen molar-refractivity contribution in [3.05, 3.63) is 30.0 Å². The van der Waals surface area contributed by atoms with Crippen molar-refractivity contribution in [1.82, 2.24) is 5.32 Å². The first-order valence-corrected chi connectivity index (χ1v) is 6.88. The normalized spacial score (nSPS) is 22.2. The van der Waals surface area contributed by atoms with Crippen LogP contribution in [0.2, 0.25) is 0 Å². The van der Waals surface area contributed by atoms with Gasteiger partial charge in [0.05, 0.1) is 0 Å². The number of carbonyl (C=O) groups excluding carboxylic acids is 1. The van der Waals surface area contributed by atoms with E-state index in [0.29, 0.717) is 11.3 Å². The zero-order valence-corrected chi connectivity index (χ0v) is 11.1. The van der Waals surface area contributed by atoms with Crippen molar-refractivity contribution in [3.8, 4) is 0 Å². The molecule has 20 heavy (non-hydrogen) atoms. The Balaban J connectivity index is 1.78. The Morgan fingerprint density at radius 3 is 3.05 bits per heavy atom. The van der Waals surface area contributed by atoms with Gasteiger partial charge >= 0.3 is 0 Å². The van der Waals surface area contributed by atoms with Crippen LogP contribution in [0.25, 0.3) is 11.0 Å². The molecule has 5 nitrogen and oxygen atoms in total. The number of nitrogen functional groups attached to an aromatic ring is 1. The van der Waals surface area contributed by atoms with Gasteiger partial charge in [0.15, 0.2) is 5.76 Å². The number of rotatable bonds is 3. The summed E-state index contributed by atoms with van der Waals surface area (Å²) in [6, 6.07) is 7.01. The highest BCUT2D eigenvalue weighted by Gasteiger charge is 2.28. The molecule has 0 radical (unpaired) electrons. The van der Waals surface area contributed by atoms with Crippen molar-refractivity contribution in [1.29, 1.82) is 0 Å². The van der Waals surface area contributed by atoms with Crippen LogP contribution in [0.3, 0.4) is 0 Å². The molecule has 1 aliphatic carbocycles. The van der Waals surface area contributed by atoms with Gasteiger partial charge in [-0.2, -0.15) is 0 Å². The smallest absolute Gasteiger partial charge is 0.287 e. The zero-order valence-electron chi connectivity index (χ0n) is 11.1. The molecule has 0 aliphatic heterocycles. The van der Waals surface area contributed by atoms with Crippen LogP contribution in [0, 0.1) is 5.92 Å². The average Bonchev–Trinajstić information content (AvgIpc) is 3.04. The van der Waals surface area contributed by atoms with Crippen molar-refractivity contribution < 1.29 is 14.3 Å². The maximum atomic E-state index is 12.2. The predicted octanol–water partition coefficient (Wildman–Crippen LogP) is 1.91. The van der Waals surface area contributed by atoms with Crippen LogP contribution in [0.1, 0.15) is 29.8 Å². The van der Waals surface area contributed by atoms with Gasteiger partial charge in [-0.3, -0.25) is 4.79 Å². The third-order valence-electron chi connectivity index (χ3n) is 3.97. The molecule has 1 saturated carbocycles. The van der Waals surface area contributed by atoms with Gasteiger partial charge < -0.3 is 20.6 Å². The fourth-order valence-corrected chi connectivity index (χ4v) is 2.86. The summed E-state index contributed by atoms with van der Waals surface area (Å²) in [6.45, 7) is 0.113. The van der Waals surface area contributed by atoms with Gasteiger partial charge in [-0.05, 0) is 37.1 Å². The number of carbonyl (C=O) groups is 1. The molecule has 4 N–H and O–H groups in total. The number of aliphatic hydroxyl groups is 1. The molecule has 1 aliphatic rings. The lowest BCUT2D eigenvalue weighted by atomic mass is 10.1. The molecule has 1 amide bonds. The Morgan fingerprint density at radius 1 is 1.40 bits per heavy atom. The summed E-state index contributed by atoms with van der Waals surface area (Å²) in [7, 11) is 0. The van der Waals surface area contributed by atoms with E-state index in [-0.39, 0.29) is 30.2 Å². The predicted molar refractivity (Wildman–Crippen MR) is 76.3 cm³/mol. The Bertz CT molecular complexity index is 635. The number of furan rings is 1. The van der Waals surface area contributed by atoms with Gasteiger partial charge in [-0.15, -0.1) is 0 Å². The monoisotopic (exact) mass is 274 g/mol. The first kappa shape index (κ1) is 13.0. The number of nitrogens with one attached hydrogen (secondary N) is 1. The minimum atomic E-state index is -0.231. The molecule has 1 heterocycles. The number of anilines is 1. The molecular formula is C15H18N2O3. The third-order valence-corrected chi connectivity index (χ3v) is 3.97. The number of nitrogens with two attached hydrogens (primary N) is 1. The van der Waals surface area contributed by atoms with Crippen molar-refractivity contribution in [2.75, 3.05) is 12.3 Å². The van der Waals surface area contributed by atoms with Crippen molar-refractivity contribution in [3.63, 3.8) is 0 Å². The lowest BCUT2D eigenvalue weighted by molar-refractivity contribution is 0.0890. The van der Waals surface area contributed by atoms with Gasteiger partial charge in [-0.25, -0.2) is 0 Å². The van der Waals surface area contributed by atoms with Crippen molar-refractivity contribution in [2.24, 2.45) is 5.92 Å². The van der Waals surface area contributed by atoms with Crippen LogP contribution in [-0.4, -0.2) is 23.7 Å². The quantitative estimate of drug-likeness (QED) is 0.746.